The van der Waals surface area contributed by atoms with Crippen molar-refractivity contribution >= 4 is 55.1 Å². The molecular formula is C5H8Br2Cl2. The van der Waals surface area contributed by atoms with Crippen LogP contribution in [-0.2, 0) is 0 Å². The number of allylic oxidation sites excluding steroid dienone is 1. The summed E-state index contributed by atoms with van der Waals surface area (Å²) in [6.45, 7) is 1.77. The summed E-state index contributed by atoms with van der Waals surface area (Å²) in [5.74, 6) is 0. The monoisotopic (exact) mass is 296 g/mol. The van der Waals surface area contributed by atoms with E-state index in [0.717, 1.165) is 10.7 Å². The Hall–Kier alpha value is 1.28. The highest BCUT2D eigenvalue weighted by atomic mass is 79.9. The second-order valence-electron chi connectivity index (χ2n) is 0.956. The zero-order valence-electron chi connectivity index (χ0n) is 5.00. The van der Waals surface area contributed by atoms with Gasteiger partial charge >= 0.3 is 0 Å². The number of alkyl halides is 2. The Balaban J connectivity index is 0. The first-order chi connectivity index (χ1) is 4.18. The molecule has 4 heteroatoms. The maximum atomic E-state index is 5.09. The van der Waals surface area contributed by atoms with Crippen molar-refractivity contribution in [2.24, 2.45) is 0 Å². The summed E-state index contributed by atoms with van der Waals surface area (Å²) in [6, 6.07) is 0. The van der Waals surface area contributed by atoms with E-state index in [2.05, 4.69) is 31.9 Å². The third-order valence-electron chi connectivity index (χ3n) is 0.290. The van der Waals surface area contributed by atoms with Gasteiger partial charge in [0.2, 0.25) is 0 Å². The molecule has 0 saturated heterocycles. The van der Waals surface area contributed by atoms with Crippen molar-refractivity contribution in [2.75, 3.05) is 10.7 Å². The topological polar surface area (TPSA) is 0 Å². The molecule has 0 amide bonds. The molecule has 9 heavy (non-hydrogen) atoms. The van der Waals surface area contributed by atoms with Crippen molar-refractivity contribution in [3.8, 4) is 0 Å². The lowest BCUT2D eigenvalue weighted by Crippen LogP contribution is -1.61. The molecule has 0 aromatic rings. The van der Waals surface area contributed by atoms with E-state index in [4.69, 9.17) is 23.2 Å². The van der Waals surface area contributed by atoms with E-state index < -0.39 is 0 Å². The van der Waals surface area contributed by atoms with Crippen LogP contribution in [0.5, 0.6) is 0 Å². The molecular weight excluding hydrogens is 291 g/mol. The molecule has 0 saturated carbocycles. The average molecular weight is 299 g/mol. The van der Waals surface area contributed by atoms with E-state index in [1.807, 2.05) is 0 Å². The van der Waals surface area contributed by atoms with E-state index in [1.165, 1.54) is 0 Å². The fourth-order valence-corrected chi connectivity index (χ4v) is 0. The molecule has 0 aliphatic carbocycles. The first-order valence-corrected chi connectivity index (χ1v) is 5.28. The van der Waals surface area contributed by atoms with Gasteiger partial charge in [-0.15, -0.1) is 0 Å². The van der Waals surface area contributed by atoms with Crippen molar-refractivity contribution < 1.29 is 0 Å². The summed E-state index contributed by atoms with van der Waals surface area (Å²) in [4.78, 5) is 0. The SMILES string of the molecule is BrCCBr.CC=C(Cl)Cl. The minimum atomic E-state index is 0.324. The van der Waals surface area contributed by atoms with Crippen LogP contribution in [0.3, 0.4) is 0 Å². The normalized spacial score (nSPS) is 7.22. The molecule has 0 bridgehead atoms. The highest BCUT2D eigenvalue weighted by molar-refractivity contribution is 9.11. The molecule has 0 radical (unpaired) electrons. The van der Waals surface area contributed by atoms with Crippen LogP contribution in [0.4, 0.5) is 0 Å². The first-order valence-electron chi connectivity index (χ1n) is 2.28. The van der Waals surface area contributed by atoms with Crippen LogP contribution in [-0.4, -0.2) is 10.7 Å². The van der Waals surface area contributed by atoms with Gasteiger partial charge in [0.25, 0.3) is 0 Å². The zero-order valence-corrected chi connectivity index (χ0v) is 9.69. The van der Waals surface area contributed by atoms with Gasteiger partial charge in [-0.25, -0.2) is 0 Å². The molecule has 0 rings (SSSR count). The van der Waals surface area contributed by atoms with E-state index >= 15 is 0 Å². The van der Waals surface area contributed by atoms with Crippen molar-refractivity contribution in [3.05, 3.63) is 10.6 Å². The molecule has 0 atom stereocenters. The van der Waals surface area contributed by atoms with Crippen molar-refractivity contribution in [1.29, 1.82) is 0 Å². The summed E-state index contributed by atoms with van der Waals surface area (Å²) in [5, 5.41) is 2.10. The van der Waals surface area contributed by atoms with Crippen LogP contribution in [0.1, 0.15) is 6.92 Å². The summed E-state index contributed by atoms with van der Waals surface area (Å²) >= 11 is 16.6. The van der Waals surface area contributed by atoms with Crippen molar-refractivity contribution in [3.63, 3.8) is 0 Å². The molecule has 0 heterocycles. The lowest BCUT2D eigenvalue weighted by atomic mass is 10.8. The van der Waals surface area contributed by atoms with E-state index in [-0.39, 0.29) is 0 Å². The predicted octanol–water partition coefficient (Wildman–Crippen LogP) is 4.10. The number of halogens is 4. The van der Waals surface area contributed by atoms with Crippen LogP contribution in [0, 0.1) is 0 Å². The van der Waals surface area contributed by atoms with Crippen LogP contribution >= 0.6 is 55.1 Å². The summed E-state index contributed by atoms with van der Waals surface area (Å²) in [5.41, 5.74) is 0. The fraction of sp³-hybridized carbons (Fsp3) is 0.600. The Labute approximate surface area is 82.9 Å². The summed E-state index contributed by atoms with van der Waals surface area (Å²) in [6.07, 6.45) is 1.61. The van der Waals surface area contributed by atoms with Crippen LogP contribution in [0.25, 0.3) is 0 Å². The quantitative estimate of drug-likeness (QED) is 0.639. The molecule has 0 fully saturated rings. The summed E-state index contributed by atoms with van der Waals surface area (Å²) < 4.78 is 0.324. The third kappa shape index (κ3) is 26.8. The zero-order chi connectivity index (χ0) is 7.70. The second kappa shape index (κ2) is 12.0. The van der Waals surface area contributed by atoms with Gasteiger partial charge in [0.15, 0.2) is 0 Å². The molecule has 0 aromatic carbocycles. The molecule has 0 spiro atoms. The molecule has 0 aliphatic rings. The Kier molecular flexibility index (Phi) is 17.2. The van der Waals surface area contributed by atoms with Crippen LogP contribution in [0.15, 0.2) is 10.6 Å². The Morgan fingerprint density at radius 1 is 1.33 bits per heavy atom. The molecule has 0 unspecified atom stereocenters. The maximum absolute atomic E-state index is 5.09. The smallest absolute Gasteiger partial charge is 0.0919 e. The van der Waals surface area contributed by atoms with Gasteiger partial charge in [0.05, 0.1) is 0 Å². The maximum Gasteiger partial charge on any atom is 0.102 e. The third-order valence-corrected chi connectivity index (χ3v) is 2.58. The van der Waals surface area contributed by atoms with E-state index in [9.17, 15) is 0 Å². The largest absolute Gasteiger partial charge is 0.102 e. The molecule has 0 aliphatic heterocycles. The first kappa shape index (κ1) is 12.9. The average Bonchev–Trinajstić information content (AvgIpc) is 1.89. The van der Waals surface area contributed by atoms with Crippen molar-refractivity contribution in [2.45, 2.75) is 6.92 Å². The highest BCUT2D eigenvalue weighted by Crippen LogP contribution is 2.03. The Bertz CT molecular complexity index is 67.4. The molecule has 0 N–H and O–H groups in total. The Morgan fingerprint density at radius 2 is 1.56 bits per heavy atom. The van der Waals surface area contributed by atoms with Crippen LogP contribution in [0.2, 0.25) is 0 Å². The molecule has 0 nitrogen and oxygen atoms in total. The lowest BCUT2D eigenvalue weighted by Gasteiger charge is -1.66. The van der Waals surface area contributed by atoms with E-state index in [0.29, 0.717) is 4.49 Å². The number of hydrogen-bond acceptors (Lipinski definition) is 0. The standard InChI is InChI=1S/C3H4Cl2.C2H4Br2/c1-2-3(4)5;3-1-2-4/h2H,1H3;1-2H2. The van der Waals surface area contributed by atoms with Crippen molar-refractivity contribution in [1.82, 2.24) is 0 Å². The number of rotatable bonds is 1. The molecule has 0 aromatic heterocycles. The highest BCUT2D eigenvalue weighted by Gasteiger charge is 1.68. The fourth-order valence-electron chi connectivity index (χ4n) is 0. The lowest BCUT2D eigenvalue weighted by molar-refractivity contribution is 1.62. The Morgan fingerprint density at radius 3 is 1.56 bits per heavy atom. The van der Waals surface area contributed by atoms with Gasteiger partial charge in [0, 0.05) is 10.7 Å². The van der Waals surface area contributed by atoms with Gasteiger partial charge in [-0.3, -0.25) is 0 Å². The number of hydrogen-bond donors (Lipinski definition) is 0. The van der Waals surface area contributed by atoms with Crippen LogP contribution < -0.4 is 0 Å². The predicted molar refractivity (Wildman–Crippen MR) is 53.1 cm³/mol. The van der Waals surface area contributed by atoms with Gasteiger partial charge in [-0.1, -0.05) is 61.1 Å². The summed E-state index contributed by atoms with van der Waals surface area (Å²) in [7, 11) is 0. The van der Waals surface area contributed by atoms with Gasteiger partial charge < -0.3 is 0 Å². The van der Waals surface area contributed by atoms with Gasteiger partial charge in [-0.05, 0) is 6.92 Å². The van der Waals surface area contributed by atoms with Gasteiger partial charge in [0.1, 0.15) is 4.49 Å². The van der Waals surface area contributed by atoms with Gasteiger partial charge in [-0.2, -0.15) is 0 Å². The molecule has 56 valence electrons. The van der Waals surface area contributed by atoms with E-state index in [1.54, 1.807) is 13.0 Å². The minimum absolute atomic E-state index is 0.324. The second-order valence-corrected chi connectivity index (χ2v) is 3.55. The minimum Gasteiger partial charge on any atom is -0.0919 e.